The molecule has 0 unspecified atom stereocenters. The Morgan fingerprint density at radius 1 is 0.410 bits per heavy atom. The van der Waals surface area contributed by atoms with Crippen LogP contribution in [0.5, 0.6) is 74.7 Å². The Kier molecular flexibility index (Phi) is 9.23. The average Bonchev–Trinajstić information content (AvgIpc) is 3.22. The molecule has 0 bridgehead atoms. The summed E-state index contributed by atoms with van der Waals surface area (Å²) in [5.41, 5.74) is 0.295. The van der Waals surface area contributed by atoms with Crippen molar-refractivity contribution in [2.24, 2.45) is 0 Å². The molecule has 6 aromatic carbocycles. The smallest absolute Gasteiger partial charge is 0.157 e. The largest absolute Gasteiger partial charge is 0.508 e. The molecule has 13 N–H and O–H groups in total. The van der Waals surface area contributed by atoms with Gasteiger partial charge in [0.15, 0.2) is 46.7 Å². The lowest BCUT2D eigenvalue weighted by Gasteiger charge is -2.42. The van der Waals surface area contributed by atoms with E-state index in [-0.39, 0.29) is 79.7 Å². The van der Waals surface area contributed by atoms with Crippen molar-refractivity contribution in [2.75, 3.05) is 0 Å². The van der Waals surface area contributed by atoms with Gasteiger partial charge in [0.05, 0.1) is 6.10 Å². The van der Waals surface area contributed by atoms with Crippen LogP contribution < -0.4 is 14.2 Å². The zero-order valence-corrected chi connectivity index (χ0v) is 31.5. The normalized spacial score (nSPS) is 24.0. The third-order valence-corrected chi connectivity index (χ3v) is 11.7. The van der Waals surface area contributed by atoms with E-state index in [1.807, 2.05) is 0 Å². The van der Waals surface area contributed by atoms with E-state index in [1.165, 1.54) is 78.9 Å². The Labute approximate surface area is 345 Å². The molecule has 0 radical (unpaired) electrons. The highest BCUT2D eigenvalue weighted by Gasteiger charge is 2.49. The predicted octanol–water partition coefficient (Wildman–Crippen LogP) is 5.03. The van der Waals surface area contributed by atoms with Crippen molar-refractivity contribution < 1.29 is 80.6 Å². The number of aliphatic hydroxyl groups excluding tert-OH is 3. The fraction of sp³-hybridized carbons (Fsp3) is 0.200. The SMILES string of the molecule is Oc1ccc2c(c1)O[C@H](c1ccc(O)c(O)c1)[C@H](O)[C@H]2c1c(O)c2c(c([C@@H]3c4ccc(O)cc4O[C@H](c4ccc(O)c(O)c4)[C@H]3O)c1O)O[C@H](c1ccc(O)c(O)c1)[C@H](O)C2. The third-order valence-electron chi connectivity index (χ3n) is 11.7. The maximum atomic E-state index is 12.9. The van der Waals surface area contributed by atoms with E-state index in [9.17, 15) is 66.4 Å². The van der Waals surface area contributed by atoms with Crippen molar-refractivity contribution in [3.05, 3.63) is 136 Å². The zero-order valence-electron chi connectivity index (χ0n) is 31.5. The number of aromatic hydroxyl groups is 10. The van der Waals surface area contributed by atoms with Gasteiger partial charge in [0.2, 0.25) is 0 Å². The molecule has 0 spiro atoms. The van der Waals surface area contributed by atoms with E-state index in [0.29, 0.717) is 0 Å². The van der Waals surface area contributed by atoms with Crippen molar-refractivity contribution in [3.63, 3.8) is 0 Å². The molecule has 3 aliphatic heterocycles. The van der Waals surface area contributed by atoms with Crippen LogP contribution in [0.4, 0.5) is 0 Å². The first-order chi connectivity index (χ1) is 29.1. The summed E-state index contributed by atoms with van der Waals surface area (Å²) in [5, 5.41) is 144. The summed E-state index contributed by atoms with van der Waals surface area (Å²) in [5.74, 6) is -7.77. The summed E-state index contributed by atoms with van der Waals surface area (Å²) in [6.07, 6.45) is -9.21. The van der Waals surface area contributed by atoms with Gasteiger partial charge in [0.1, 0.15) is 58.6 Å². The van der Waals surface area contributed by atoms with Crippen LogP contribution in [0.15, 0.2) is 91.0 Å². The zero-order chi connectivity index (χ0) is 43.2. The fourth-order valence-electron chi connectivity index (χ4n) is 8.75. The highest BCUT2D eigenvalue weighted by Crippen LogP contribution is 2.60. The number of benzene rings is 6. The molecular formula is C45H38O16. The van der Waals surface area contributed by atoms with E-state index in [4.69, 9.17) is 14.2 Å². The molecular weight excluding hydrogens is 796 g/mol. The highest BCUT2D eigenvalue weighted by atomic mass is 16.5. The first-order valence-corrected chi connectivity index (χ1v) is 19.0. The van der Waals surface area contributed by atoms with Crippen LogP contribution in [0.2, 0.25) is 0 Å². The van der Waals surface area contributed by atoms with Gasteiger partial charge in [0.25, 0.3) is 0 Å². The lowest BCUT2D eigenvalue weighted by molar-refractivity contribution is 0.000360. The van der Waals surface area contributed by atoms with Gasteiger partial charge in [-0.15, -0.1) is 0 Å². The molecule has 8 atom stereocenters. The van der Waals surface area contributed by atoms with Crippen LogP contribution in [0, 0.1) is 0 Å². The van der Waals surface area contributed by atoms with Gasteiger partial charge >= 0.3 is 0 Å². The molecule has 3 aliphatic rings. The predicted molar refractivity (Wildman–Crippen MR) is 211 cm³/mol. The standard InChI is InChI=1S/C45H38O16/c46-20-4-6-22-32(14-20)59-43(18-2-9-26(49)29(52)12-18)40(57)34(22)36-38(55)24-16-31(54)42(17-1-8-25(48)28(51)11-17)61-45(24)37(39(36)56)35-23-7-5-21(47)15-33(23)60-44(41(35)58)19-3-10-27(50)30(53)13-19/h1-15,31,34-35,40-44,46-58H,16H2/t31-,34-,35+,40-,41+,42-,43-,44-/m1/s1. The Balaban J connectivity index is 1.31. The maximum absolute atomic E-state index is 12.9. The van der Waals surface area contributed by atoms with Gasteiger partial charge in [-0.2, -0.15) is 0 Å². The van der Waals surface area contributed by atoms with Crippen molar-refractivity contribution in [2.45, 2.75) is 54.9 Å². The minimum absolute atomic E-state index is 0.00791. The molecule has 0 aromatic heterocycles. The minimum atomic E-state index is -1.69. The Bertz CT molecular complexity index is 2730. The summed E-state index contributed by atoms with van der Waals surface area (Å²) < 4.78 is 18.9. The molecule has 3 heterocycles. The molecule has 0 saturated carbocycles. The van der Waals surface area contributed by atoms with Crippen LogP contribution in [-0.2, 0) is 6.42 Å². The van der Waals surface area contributed by atoms with Gasteiger partial charge in [-0.05, 0) is 65.2 Å². The Morgan fingerprint density at radius 2 is 0.836 bits per heavy atom. The number of fused-ring (bicyclic) bond motifs is 3. The summed E-state index contributed by atoms with van der Waals surface area (Å²) in [4.78, 5) is 0. The molecule has 314 valence electrons. The topological polar surface area (TPSA) is 291 Å². The maximum Gasteiger partial charge on any atom is 0.157 e. The van der Waals surface area contributed by atoms with Gasteiger partial charge in [0, 0.05) is 58.2 Å². The molecule has 16 heteroatoms. The van der Waals surface area contributed by atoms with E-state index < -0.39 is 94.5 Å². The van der Waals surface area contributed by atoms with Gasteiger partial charge < -0.3 is 80.6 Å². The molecule has 0 aliphatic carbocycles. The van der Waals surface area contributed by atoms with Crippen LogP contribution in [0.3, 0.4) is 0 Å². The van der Waals surface area contributed by atoms with E-state index in [1.54, 1.807) is 0 Å². The highest BCUT2D eigenvalue weighted by molar-refractivity contribution is 5.70. The molecule has 0 amide bonds. The number of phenols is 10. The fourth-order valence-corrected chi connectivity index (χ4v) is 8.75. The molecule has 0 saturated heterocycles. The summed E-state index contributed by atoms with van der Waals surface area (Å²) in [6, 6.07) is 19.2. The quantitative estimate of drug-likeness (QED) is 0.101. The van der Waals surface area contributed by atoms with E-state index >= 15 is 0 Å². The first kappa shape index (κ1) is 39.1. The van der Waals surface area contributed by atoms with Crippen LogP contribution >= 0.6 is 0 Å². The molecule has 6 aromatic rings. The van der Waals surface area contributed by atoms with Crippen molar-refractivity contribution >= 4 is 0 Å². The molecule has 16 nitrogen and oxygen atoms in total. The monoisotopic (exact) mass is 834 g/mol. The number of phenolic OH excluding ortho intramolecular Hbond substituents is 10. The van der Waals surface area contributed by atoms with Gasteiger partial charge in [-0.25, -0.2) is 0 Å². The second-order valence-electron chi connectivity index (χ2n) is 15.3. The van der Waals surface area contributed by atoms with Crippen molar-refractivity contribution in [1.29, 1.82) is 0 Å². The van der Waals surface area contributed by atoms with Crippen LogP contribution in [0.25, 0.3) is 0 Å². The molecule has 61 heavy (non-hydrogen) atoms. The number of aliphatic hydroxyl groups is 3. The number of rotatable bonds is 5. The summed E-state index contributed by atoms with van der Waals surface area (Å²) in [6.45, 7) is 0. The summed E-state index contributed by atoms with van der Waals surface area (Å²) in [7, 11) is 0. The Morgan fingerprint density at radius 3 is 1.28 bits per heavy atom. The number of hydrogen-bond acceptors (Lipinski definition) is 16. The van der Waals surface area contributed by atoms with Crippen LogP contribution in [-0.4, -0.2) is 84.7 Å². The minimum Gasteiger partial charge on any atom is -0.508 e. The second kappa shape index (κ2) is 14.4. The third kappa shape index (κ3) is 6.35. The van der Waals surface area contributed by atoms with E-state index in [0.717, 1.165) is 12.1 Å². The average molecular weight is 835 g/mol. The van der Waals surface area contributed by atoms with Crippen LogP contribution in [0.1, 0.15) is 74.7 Å². The lowest BCUT2D eigenvalue weighted by Crippen LogP contribution is -2.38. The summed E-state index contributed by atoms with van der Waals surface area (Å²) >= 11 is 0. The van der Waals surface area contributed by atoms with Gasteiger partial charge in [-0.1, -0.05) is 30.3 Å². The number of hydrogen-bond donors (Lipinski definition) is 13. The second-order valence-corrected chi connectivity index (χ2v) is 15.3. The first-order valence-electron chi connectivity index (χ1n) is 19.0. The molecule has 9 rings (SSSR count). The van der Waals surface area contributed by atoms with Crippen molar-refractivity contribution in [3.8, 4) is 74.7 Å². The Hall–Kier alpha value is -7.40. The van der Waals surface area contributed by atoms with E-state index in [2.05, 4.69) is 0 Å². The van der Waals surface area contributed by atoms with Crippen molar-refractivity contribution in [1.82, 2.24) is 0 Å². The molecule has 0 fully saturated rings. The van der Waals surface area contributed by atoms with Gasteiger partial charge in [-0.3, -0.25) is 0 Å². The number of ether oxygens (including phenoxy) is 3. The lowest BCUT2D eigenvalue weighted by atomic mass is 9.73.